The molecule has 1 N–H and O–H groups in total. The molecule has 2 fully saturated rings. The standard InChI is InChI=1S/C17H28O3/c1-2-3-12-20-16-10-8-14(9-11-16)13-4-6-15(7-5-13)17(18)19/h2-3,13-16H,4-12H2,1H3,(H,18,19)/b3-2+. The van der Waals surface area contributed by atoms with Crippen molar-refractivity contribution in [3.05, 3.63) is 12.2 Å². The molecule has 0 unspecified atom stereocenters. The zero-order valence-electron chi connectivity index (χ0n) is 12.6. The summed E-state index contributed by atoms with van der Waals surface area (Å²) in [5.74, 6) is 0.907. The molecule has 0 spiro atoms. The van der Waals surface area contributed by atoms with Crippen LogP contribution in [0.1, 0.15) is 58.3 Å². The molecule has 0 bridgehead atoms. The predicted octanol–water partition coefficient (Wildman–Crippen LogP) is 4.03. The Kier molecular flexibility index (Phi) is 6.08. The first-order valence-corrected chi connectivity index (χ1v) is 8.16. The highest BCUT2D eigenvalue weighted by Crippen LogP contribution is 2.40. The van der Waals surface area contributed by atoms with Crippen LogP contribution in [-0.2, 0) is 9.53 Å². The molecule has 0 heterocycles. The smallest absolute Gasteiger partial charge is 0.306 e. The van der Waals surface area contributed by atoms with Gasteiger partial charge in [0, 0.05) is 0 Å². The zero-order chi connectivity index (χ0) is 14.4. The minimum Gasteiger partial charge on any atom is -0.481 e. The Bertz CT molecular complexity index is 321. The summed E-state index contributed by atoms with van der Waals surface area (Å²) in [5.41, 5.74) is 0. The van der Waals surface area contributed by atoms with Crippen LogP contribution in [0.4, 0.5) is 0 Å². The van der Waals surface area contributed by atoms with Crippen molar-refractivity contribution in [2.45, 2.75) is 64.4 Å². The second-order valence-corrected chi connectivity index (χ2v) is 6.39. The number of rotatable bonds is 5. The SMILES string of the molecule is C/C=C/COC1CCC(C2CCC(C(=O)O)CC2)CC1. The number of allylic oxidation sites excluding steroid dienone is 1. The summed E-state index contributed by atoms with van der Waals surface area (Å²) in [6.45, 7) is 2.77. The fourth-order valence-electron chi connectivity index (χ4n) is 3.85. The molecule has 2 aliphatic rings. The molecule has 3 heteroatoms. The molecule has 0 saturated heterocycles. The third-order valence-electron chi connectivity index (χ3n) is 5.17. The van der Waals surface area contributed by atoms with E-state index in [9.17, 15) is 4.79 Å². The molecular weight excluding hydrogens is 252 g/mol. The third kappa shape index (κ3) is 4.34. The van der Waals surface area contributed by atoms with E-state index in [1.807, 2.05) is 13.0 Å². The van der Waals surface area contributed by atoms with Crippen LogP contribution >= 0.6 is 0 Å². The van der Waals surface area contributed by atoms with E-state index in [0.29, 0.717) is 6.10 Å². The van der Waals surface area contributed by atoms with Gasteiger partial charge in [0.2, 0.25) is 0 Å². The van der Waals surface area contributed by atoms with Crippen LogP contribution in [0, 0.1) is 17.8 Å². The first kappa shape index (κ1) is 15.6. The summed E-state index contributed by atoms with van der Waals surface area (Å²) in [7, 11) is 0. The number of carbonyl (C=O) groups is 1. The van der Waals surface area contributed by atoms with Gasteiger partial charge in [-0.2, -0.15) is 0 Å². The summed E-state index contributed by atoms with van der Waals surface area (Å²) in [5, 5.41) is 9.05. The first-order valence-electron chi connectivity index (χ1n) is 8.16. The van der Waals surface area contributed by atoms with Crippen molar-refractivity contribution >= 4 is 5.97 Å². The molecule has 0 radical (unpaired) electrons. The van der Waals surface area contributed by atoms with E-state index in [1.54, 1.807) is 0 Å². The minimum atomic E-state index is -0.593. The first-order chi connectivity index (χ1) is 9.70. The number of hydrogen-bond acceptors (Lipinski definition) is 2. The number of aliphatic carboxylic acids is 1. The second-order valence-electron chi connectivity index (χ2n) is 6.39. The van der Waals surface area contributed by atoms with Crippen LogP contribution in [0.5, 0.6) is 0 Å². The van der Waals surface area contributed by atoms with Gasteiger partial charge in [0.05, 0.1) is 18.6 Å². The highest BCUT2D eigenvalue weighted by molar-refractivity contribution is 5.69. The minimum absolute atomic E-state index is 0.0771. The summed E-state index contributed by atoms with van der Waals surface area (Å²) >= 11 is 0. The Labute approximate surface area is 122 Å². The third-order valence-corrected chi connectivity index (χ3v) is 5.17. The van der Waals surface area contributed by atoms with Gasteiger partial charge >= 0.3 is 5.97 Å². The van der Waals surface area contributed by atoms with E-state index in [2.05, 4.69) is 6.08 Å². The summed E-state index contributed by atoms with van der Waals surface area (Å²) in [6, 6.07) is 0. The fraction of sp³-hybridized carbons (Fsp3) is 0.824. The molecular formula is C17H28O3. The van der Waals surface area contributed by atoms with Crippen LogP contribution in [0.15, 0.2) is 12.2 Å². The van der Waals surface area contributed by atoms with E-state index >= 15 is 0 Å². The molecule has 0 aromatic carbocycles. The lowest BCUT2D eigenvalue weighted by atomic mass is 9.70. The van der Waals surface area contributed by atoms with Gasteiger partial charge in [-0.05, 0) is 70.1 Å². The molecule has 2 rings (SSSR count). The van der Waals surface area contributed by atoms with E-state index in [0.717, 1.165) is 44.1 Å². The van der Waals surface area contributed by atoms with E-state index < -0.39 is 5.97 Å². The predicted molar refractivity (Wildman–Crippen MR) is 79.6 cm³/mol. The molecule has 2 aliphatic carbocycles. The van der Waals surface area contributed by atoms with Crippen LogP contribution in [0.2, 0.25) is 0 Å². The lowest BCUT2D eigenvalue weighted by molar-refractivity contribution is -0.143. The topological polar surface area (TPSA) is 46.5 Å². The molecule has 3 nitrogen and oxygen atoms in total. The van der Waals surface area contributed by atoms with Gasteiger partial charge in [-0.3, -0.25) is 4.79 Å². The summed E-state index contributed by atoms with van der Waals surface area (Å²) in [4.78, 5) is 11.0. The Morgan fingerprint density at radius 2 is 1.60 bits per heavy atom. The van der Waals surface area contributed by atoms with Crippen LogP contribution in [0.25, 0.3) is 0 Å². The average Bonchev–Trinajstić information content (AvgIpc) is 2.48. The van der Waals surface area contributed by atoms with Crippen molar-refractivity contribution in [1.29, 1.82) is 0 Å². The Morgan fingerprint density at radius 3 is 2.10 bits per heavy atom. The van der Waals surface area contributed by atoms with Gasteiger partial charge in [0.15, 0.2) is 0 Å². The Balaban J connectivity index is 1.68. The van der Waals surface area contributed by atoms with Crippen molar-refractivity contribution in [2.24, 2.45) is 17.8 Å². The van der Waals surface area contributed by atoms with Gasteiger partial charge < -0.3 is 9.84 Å². The maximum Gasteiger partial charge on any atom is 0.306 e. The van der Waals surface area contributed by atoms with Gasteiger partial charge in [0.25, 0.3) is 0 Å². The van der Waals surface area contributed by atoms with Crippen molar-refractivity contribution in [1.82, 2.24) is 0 Å². The summed E-state index contributed by atoms with van der Waals surface area (Å²) in [6.07, 6.45) is 13.4. The number of carboxylic acids is 1. The maximum atomic E-state index is 11.0. The second kappa shape index (κ2) is 7.82. The fourth-order valence-corrected chi connectivity index (χ4v) is 3.85. The zero-order valence-corrected chi connectivity index (χ0v) is 12.6. The van der Waals surface area contributed by atoms with Gasteiger partial charge in [-0.25, -0.2) is 0 Å². The molecule has 114 valence electrons. The van der Waals surface area contributed by atoms with Crippen molar-refractivity contribution in [2.75, 3.05) is 6.61 Å². The quantitative estimate of drug-likeness (QED) is 0.773. The number of hydrogen-bond donors (Lipinski definition) is 1. The number of ether oxygens (including phenoxy) is 1. The summed E-state index contributed by atoms with van der Waals surface area (Å²) < 4.78 is 5.84. The monoisotopic (exact) mass is 280 g/mol. The van der Waals surface area contributed by atoms with Gasteiger partial charge in [-0.15, -0.1) is 0 Å². The highest BCUT2D eigenvalue weighted by Gasteiger charge is 2.32. The molecule has 2 saturated carbocycles. The van der Waals surface area contributed by atoms with E-state index in [4.69, 9.17) is 9.84 Å². The molecule has 0 aliphatic heterocycles. The molecule has 0 atom stereocenters. The van der Waals surface area contributed by atoms with Gasteiger partial charge in [0.1, 0.15) is 0 Å². The normalized spacial score (nSPS) is 35.2. The van der Waals surface area contributed by atoms with Crippen LogP contribution in [0.3, 0.4) is 0 Å². The molecule has 0 aromatic heterocycles. The molecule has 20 heavy (non-hydrogen) atoms. The number of carboxylic acid groups (broad SMARTS) is 1. The lowest BCUT2D eigenvalue weighted by Gasteiger charge is -2.37. The van der Waals surface area contributed by atoms with Crippen LogP contribution < -0.4 is 0 Å². The molecule has 0 aromatic rings. The van der Waals surface area contributed by atoms with E-state index in [-0.39, 0.29) is 5.92 Å². The van der Waals surface area contributed by atoms with Crippen molar-refractivity contribution in [3.8, 4) is 0 Å². The largest absolute Gasteiger partial charge is 0.481 e. The van der Waals surface area contributed by atoms with Gasteiger partial charge in [-0.1, -0.05) is 12.2 Å². The van der Waals surface area contributed by atoms with E-state index in [1.165, 1.54) is 25.7 Å². The average molecular weight is 280 g/mol. The van der Waals surface area contributed by atoms with Crippen LogP contribution in [-0.4, -0.2) is 23.8 Å². The van der Waals surface area contributed by atoms with Crippen molar-refractivity contribution in [3.63, 3.8) is 0 Å². The Morgan fingerprint density at radius 1 is 1.05 bits per heavy atom. The maximum absolute atomic E-state index is 11.0. The highest BCUT2D eigenvalue weighted by atomic mass is 16.5. The lowest BCUT2D eigenvalue weighted by Crippen LogP contribution is -2.30. The van der Waals surface area contributed by atoms with Crippen molar-refractivity contribution < 1.29 is 14.6 Å². The molecule has 0 amide bonds. The Hall–Kier alpha value is -0.830.